The Morgan fingerprint density at radius 2 is 2.09 bits per heavy atom. The topological polar surface area (TPSA) is 66.5 Å². The SMILES string of the molecule is c1cc(NCc2ccc(C3CCC3)nc2)cc(-c2ncn[nH]2)c1. The van der Waals surface area contributed by atoms with Crippen LogP contribution in [0.2, 0.25) is 0 Å². The molecule has 2 N–H and O–H groups in total. The second-order valence-corrected chi connectivity index (χ2v) is 5.99. The van der Waals surface area contributed by atoms with Crippen LogP contribution >= 0.6 is 0 Å². The first-order valence-electron chi connectivity index (χ1n) is 8.03. The van der Waals surface area contributed by atoms with E-state index in [0.29, 0.717) is 5.92 Å². The van der Waals surface area contributed by atoms with Crippen LogP contribution in [0, 0.1) is 0 Å². The maximum absolute atomic E-state index is 4.61. The lowest BCUT2D eigenvalue weighted by atomic mass is 9.82. The highest BCUT2D eigenvalue weighted by atomic mass is 15.2. The second-order valence-electron chi connectivity index (χ2n) is 5.99. The Hall–Kier alpha value is -2.69. The van der Waals surface area contributed by atoms with Crippen LogP contribution in [-0.4, -0.2) is 20.2 Å². The van der Waals surface area contributed by atoms with E-state index in [1.54, 1.807) is 0 Å². The molecule has 1 fully saturated rings. The number of nitrogens with one attached hydrogen (secondary N) is 2. The molecule has 0 spiro atoms. The highest BCUT2D eigenvalue weighted by molar-refractivity contribution is 5.62. The van der Waals surface area contributed by atoms with Gasteiger partial charge in [0.2, 0.25) is 0 Å². The molecule has 1 aliphatic carbocycles. The second kappa shape index (κ2) is 6.20. The third-order valence-electron chi connectivity index (χ3n) is 4.42. The van der Waals surface area contributed by atoms with Gasteiger partial charge in [0.15, 0.2) is 5.82 Å². The molecule has 0 radical (unpaired) electrons. The van der Waals surface area contributed by atoms with Crippen LogP contribution in [0.4, 0.5) is 5.69 Å². The number of hydrogen-bond donors (Lipinski definition) is 2. The van der Waals surface area contributed by atoms with Gasteiger partial charge in [-0.15, -0.1) is 0 Å². The number of aromatic nitrogens is 4. The van der Waals surface area contributed by atoms with E-state index < -0.39 is 0 Å². The van der Waals surface area contributed by atoms with E-state index in [-0.39, 0.29) is 0 Å². The van der Waals surface area contributed by atoms with Gasteiger partial charge in [0.25, 0.3) is 0 Å². The number of benzene rings is 1. The number of hydrogen-bond acceptors (Lipinski definition) is 4. The number of H-pyrrole nitrogens is 1. The largest absolute Gasteiger partial charge is 0.381 e. The zero-order chi connectivity index (χ0) is 15.5. The number of pyridine rings is 1. The molecule has 116 valence electrons. The van der Waals surface area contributed by atoms with E-state index in [1.807, 2.05) is 18.3 Å². The van der Waals surface area contributed by atoms with Gasteiger partial charge in [-0.3, -0.25) is 10.1 Å². The van der Waals surface area contributed by atoms with Crippen LogP contribution in [0.3, 0.4) is 0 Å². The Labute approximate surface area is 135 Å². The normalized spacial score (nSPS) is 14.4. The molecule has 0 unspecified atom stereocenters. The molecule has 0 aliphatic heterocycles. The predicted octanol–water partition coefficient (Wildman–Crippen LogP) is 3.75. The number of nitrogens with zero attached hydrogens (tertiary/aromatic N) is 3. The van der Waals surface area contributed by atoms with Gasteiger partial charge in [-0.2, -0.15) is 5.10 Å². The van der Waals surface area contributed by atoms with Gasteiger partial charge in [0, 0.05) is 35.6 Å². The van der Waals surface area contributed by atoms with Gasteiger partial charge in [-0.05, 0) is 36.6 Å². The minimum atomic E-state index is 0.690. The lowest BCUT2D eigenvalue weighted by molar-refractivity contribution is 0.411. The average molecular weight is 305 g/mol. The van der Waals surface area contributed by atoms with Crippen molar-refractivity contribution in [3.8, 4) is 11.4 Å². The predicted molar refractivity (Wildman–Crippen MR) is 90.0 cm³/mol. The Morgan fingerprint density at radius 3 is 2.78 bits per heavy atom. The van der Waals surface area contributed by atoms with Crippen LogP contribution in [-0.2, 0) is 6.54 Å². The van der Waals surface area contributed by atoms with E-state index in [1.165, 1.54) is 36.8 Å². The molecule has 5 nitrogen and oxygen atoms in total. The first-order valence-corrected chi connectivity index (χ1v) is 8.03. The lowest BCUT2D eigenvalue weighted by Crippen LogP contribution is -2.10. The summed E-state index contributed by atoms with van der Waals surface area (Å²) < 4.78 is 0. The molecule has 0 saturated heterocycles. The third kappa shape index (κ3) is 3.08. The molecule has 3 aromatic rings. The Bertz CT molecular complexity index is 760. The third-order valence-corrected chi connectivity index (χ3v) is 4.42. The quantitative estimate of drug-likeness (QED) is 0.753. The molecule has 0 amide bonds. The molecule has 0 bridgehead atoms. The summed E-state index contributed by atoms with van der Waals surface area (Å²) in [6.45, 7) is 0.762. The van der Waals surface area contributed by atoms with Crippen molar-refractivity contribution in [3.63, 3.8) is 0 Å². The number of rotatable bonds is 5. The van der Waals surface area contributed by atoms with Crippen LogP contribution in [0.25, 0.3) is 11.4 Å². The van der Waals surface area contributed by atoms with Crippen LogP contribution in [0.5, 0.6) is 0 Å². The highest BCUT2D eigenvalue weighted by Gasteiger charge is 2.20. The van der Waals surface area contributed by atoms with Crippen molar-refractivity contribution < 1.29 is 0 Å². The molecule has 0 atom stereocenters. The number of aromatic amines is 1. The summed E-state index contributed by atoms with van der Waals surface area (Å²) in [6, 6.07) is 12.5. The Kier molecular flexibility index (Phi) is 3.76. The van der Waals surface area contributed by atoms with Crippen molar-refractivity contribution in [2.45, 2.75) is 31.7 Å². The van der Waals surface area contributed by atoms with Gasteiger partial charge in [-0.25, -0.2) is 4.98 Å². The molecule has 4 rings (SSSR count). The maximum atomic E-state index is 4.61. The highest BCUT2D eigenvalue weighted by Crippen LogP contribution is 2.35. The van der Waals surface area contributed by atoms with Crippen molar-refractivity contribution in [2.75, 3.05) is 5.32 Å². The van der Waals surface area contributed by atoms with Gasteiger partial charge < -0.3 is 5.32 Å². The summed E-state index contributed by atoms with van der Waals surface area (Å²) in [4.78, 5) is 8.79. The summed E-state index contributed by atoms with van der Waals surface area (Å²) in [5.41, 5.74) is 4.51. The Morgan fingerprint density at radius 1 is 1.13 bits per heavy atom. The summed E-state index contributed by atoms with van der Waals surface area (Å²) in [6.07, 6.45) is 7.43. The first-order chi connectivity index (χ1) is 11.4. The van der Waals surface area contributed by atoms with Crippen LogP contribution in [0.15, 0.2) is 48.9 Å². The summed E-state index contributed by atoms with van der Waals surface area (Å²) in [7, 11) is 0. The molecular formula is C18H19N5. The smallest absolute Gasteiger partial charge is 0.155 e. The van der Waals surface area contributed by atoms with E-state index in [0.717, 1.165) is 23.6 Å². The van der Waals surface area contributed by atoms with E-state index in [9.17, 15) is 0 Å². The zero-order valence-corrected chi connectivity index (χ0v) is 12.9. The fourth-order valence-corrected chi connectivity index (χ4v) is 2.81. The standard InChI is InChI=1S/C18H19N5/c1-3-14(4-1)17-8-7-13(11-20-17)10-19-16-6-2-5-15(9-16)18-21-12-22-23-18/h2,5-9,11-12,14,19H,1,3-4,10H2,(H,21,22,23). The van der Waals surface area contributed by atoms with E-state index in [2.05, 4.69) is 49.7 Å². The minimum Gasteiger partial charge on any atom is -0.381 e. The molecule has 23 heavy (non-hydrogen) atoms. The van der Waals surface area contributed by atoms with Gasteiger partial charge in [-0.1, -0.05) is 24.6 Å². The van der Waals surface area contributed by atoms with Gasteiger partial charge in [0.1, 0.15) is 6.33 Å². The van der Waals surface area contributed by atoms with Crippen molar-refractivity contribution >= 4 is 5.69 Å². The summed E-state index contributed by atoms with van der Waals surface area (Å²) in [5.74, 6) is 1.47. The fraction of sp³-hybridized carbons (Fsp3) is 0.278. The monoisotopic (exact) mass is 305 g/mol. The molecular weight excluding hydrogens is 286 g/mol. The van der Waals surface area contributed by atoms with Crippen molar-refractivity contribution in [1.29, 1.82) is 0 Å². The van der Waals surface area contributed by atoms with Crippen LogP contribution in [0.1, 0.15) is 36.4 Å². The molecule has 2 aromatic heterocycles. The van der Waals surface area contributed by atoms with Crippen molar-refractivity contribution in [2.24, 2.45) is 0 Å². The average Bonchev–Trinajstić information content (AvgIpc) is 3.07. The lowest BCUT2D eigenvalue weighted by Gasteiger charge is -2.24. The van der Waals surface area contributed by atoms with Crippen molar-refractivity contribution in [1.82, 2.24) is 20.2 Å². The molecule has 1 aromatic carbocycles. The number of anilines is 1. The zero-order valence-electron chi connectivity index (χ0n) is 12.9. The molecule has 1 aliphatic rings. The minimum absolute atomic E-state index is 0.690. The molecule has 1 saturated carbocycles. The van der Waals surface area contributed by atoms with Gasteiger partial charge >= 0.3 is 0 Å². The molecule has 2 heterocycles. The molecule has 5 heteroatoms. The van der Waals surface area contributed by atoms with Crippen LogP contribution < -0.4 is 5.32 Å². The van der Waals surface area contributed by atoms with E-state index >= 15 is 0 Å². The maximum Gasteiger partial charge on any atom is 0.155 e. The van der Waals surface area contributed by atoms with E-state index in [4.69, 9.17) is 0 Å². The first kappa shape index (κ1) is 13.9. The fourth-order valence-electron chi connectivity index (χ4n) is 2.81. The summed E-state index contributed by atoms with van der Waals surface area (Å²) in [5, 5.41) is 10.2. The van der Waals surface area contributed by atoms with Crippen molar-refractivity contribution in [3.05, 3.63) is 60.2 Å². The van der Waals surface area contributed by atoms with Gasteiger partial charge in [0.05, 0.1) is 0 Å². The summed E-state index contributed by atoms with van der Waals surface area (Å²) >= 11 is 0. The Balaban J connectivity index is 1.41.